The van der Waals surface area contributed by atoms with Gasteiger partial charge in [-0.15, -0.1) is 0 Å². The molecular formula is C10H21NO2. The summed E-state index contributed by atoms with van der Waals surface area (Å²) in [4.78, 5) is 2.33. The minimum Gasteiger partial charge on any atom is -0.392 e. The van der Waals surface area contributed by atoms with Gasteiger partial charge in [0.05, 0.1) is 6.10 Å². The van der Waals surface area contributed by atoms with E-state index in [0.717, 1.165) is 32.2 Å². The minimum atomic E-state index is -0.195. The SMILES string of the molecule is COCC1CCN(CC(C)O)CC1. The monoisotopic (exact) mass is 187 g/mol. The Morgan fingerprint density at radius 3 is 2.54 bits per heavy atom. The lowest BCUT2D eigenvalue weighted by molar-refractivity contribution is 0.0718. The number of nitrogens with zero attached hydrogens (tertiary/aromatic N) is 1. The lowest BCUT2D eigenvalue weighted by Crippen LogP contribution is -2.38. The molecule has 13 heavy (non-hydrogen) atoms. The van der Waals surface area contributed by atoms with Crippen LogP contribution >= 0.6 is 0 Å². The minimum absolute atomic E-state index is 0.195. The molecule has 1 aliphatic heterocycles. The number of β-amino-alcohol motifs (C(OH)–C–C–N with tert-alkyl or cyclic N) is 1. The van der Waals surface area contributed by atoms with Gasteiger partial charge >= 0.3 is 0 Å². The molecular weight excluding hydrogens is 166 g/mol. The first-order valence-electron chi connectivity index (χ1n) is 5.11. The normalized spacial score (nSPS) is 23.3. The van der Waals surface area contributed by atoms with Crippen molar-refractivity contribution in [3.8, 4) is 0 Å². The van der Waals surface area contributed by atoms with Gasteiger partial charge in [-0.3, -0.25) is 0 Å². The first-order valence-corrected chi connectivity index (χ1v) is 5.11. The van der Waals surface area contributed by atoms with Crippen molar-refractivity contribution >= 4 is 0 Å². The molecule has 0 aromatic heterocycles. The molecule has 3 nitrogen and oxygen atoms in total. The van der Waals surface area contributed by atoms with Gasteiger partial charge in [-0.25, -0.2) is 0 Å². The molecule has 0 radical (unpaired) electrons. The second-order valence-electron chi connectivity index (χ2n) is 4.05. The zero-order chi connectivity index (χ0) is 9.68. The summed E-state index contributed by atoms with van der Waals surface area (Å²) >= 11 is 0. The third-order valence-corrected chi connectivity index (χ3v) is 2.63. The molecule has 1 atom stereocenters. The van der Waals surface area contributed by atoms with Crippen LogP contribution in [-0.2, 0) is 4.74 Å². The zero-order valence-corrected chi connectivity index (χ0v) is 8.70. The molecule has 0 spiro atoms. The van der Waals surface area contributed by atoms with E-state index in [9.17, 15) is 5.11 Å². The van der Waals surface area contributed by atoms with E-state index in [1.807, 2.05) is 6.92 Å². The molecule has 0 aliphatic carbocycles. The van der Waals surface area contributed by atoms with E-state index in [1.54, 1.807) is 7.11 Å². The van der Waals surface area contributed by atoms with Gasteiger partial charge in [0.15, 0.2) is 0 Å². The molecule has 0 amide bonds. The summed E-state index contributed by atoms with van der Waals surface area (Å²) in [5.74, 6) is 0.732. The van der Waals surface area contributed by atoms with Crippen LogP contribution in [0.3, 0.4) is 0 Å². The van der Waals surface area contributed by atoms with Crippen LogP contribution in [0.5, 0.6) is 0 Å². The van der Waals surface area contributed by atoms with Crippen molar-refractivity contribution in [1.29, 1.82) is 0 Å². The van der Waals surface area contributed by atoms with E-state index >= 15 is 0 Å². The molecule has 0 saturated carbocycles. The highest BCUT2D eigenvalue weighted by Crippen LogP contribution is 2.17. The Bertz CT molecular complexity index is 131. The van der Waals surface area contributed by atoms with Gasteiger partial charge in [-0.1, -0.05) is 0 Å². The molecule has 0 aromatic rings. The van der Waals surface area contributed by atoms with Crippen LogP contribution in [0.15, 0.2) is 0 Å². The van der Waals surface area contributed by atoms with Crippen LogP contribution in [0, 0.1) is 5.92 Å². The second-order valence-corrected chi connectivity index (χ2v) is 4.05. The van der Waals surface area contributed by atoms with E-state index in [1.165, 1.54) is 12.8 Å². The Labute approximate surface area is 80.7 Å². The highest BCUT2D eigenvalue weighted by molar-refractivity contribution is 4.72. The molecule has 0 aromatic carbocycles. The van der Waals surface area contributed by atoms with Crippen LogP contribution in [0.1, 0.15) is 19.8 Å². The maximum Gasteiger partial charge on any atom is 0.0639 e. The first-order chi connectivity index (χ1) is 6.22. The summed E-state index contributed by atoms with van der Waals surface area (Å²) in [6, 6.07) is 0. The molecule has 1 saturated heterocycles. The maximum absolute atomic E-state index is 9.21. The number of rotatable bonds is 4. The topological polar surface area (TPSA) is 32.7 Å². The Balaban J connectivity index is 2.15. The highest BCUT2D eigenvalue weighted by Gasteiger charge is 2.19. The standard InChI is InChI=1S/C10H21NO2/c1-9(12)7-11-5-3-10(4-6-11)8-13-2/h9-10,12H,3-8H2,1-2H3. The van der Waals surface area contributed by atoms with Crippen LogP contribution in [0.2, 0.25) is 0 Å². The quantitative estimate of drug-likeness (QED) is 0.704. The van der Waals surface area contributed by atoms with Gasteiger partial charge in [0.1, 0.15) is 0 Å². The lowest BCUT2D eigenvalue weighted by Gasteiger charge is -2.32. The third-order valence-electron chi connectivity index (χ3n) is 2.63. The molecule has 1 heterocycles. The summed E-state index contributed by atoms with van der Waals surface area (Å²) in [7, 11) is 1.77. The van der Waals surface area contributed by atoms with Gasteiger partial charge in [0.2, 0.25) is 0 Å². The van der Waals surface area contributed by atoms with Crippen molar-refractivity contribution in [3.63, 3.8) is 0 Å². The fraction of sp³-hybridized carbons (Fsp3) is 1.00. The zero-order valence-electron chi connectivity index (χ0n) is 8.70. The Morgan fingerprint density at radius 1 is 1.46 bits per heavy atom. The van der Waals surface area contributed by atoms with E-state index in [2.05, 4.69) is 4.90 Å². The van der Waals surface area contributed by atoms with Gasteiger partial charge in [0, 0.05) is 20.3 Å². The molecule has 3 heteroatoms. The Kier molecular flexibility index (Phi) is 4.70. The summed E-state index contributed by atoms with van der Waals surface area (Å²) in [5, 5.41) is 9.21. The second kappa shape index (κ2) is 5.58. The molecule has 1 N–H and O–H groups in total. The Morgan fingerprint density at radius 2 is 2.08 bits per heavy atom. The van der Waals surface area contributed by atoms with Crippen molar-refractivity contribution in [2.24, 2.45) is 5.92 Å². The number of hydrogen-bond acceptors (Lipinski definition) is 3. The number of piperidine rings is 1. The number of hydrogen-bond donors (Lipinski definition) is 1. The van der Waals surface area contributed by atoms with Crippen LogP contribution < -0.4 is 0 Å². The summed E-state index contributed by atoms with van der Waals surface area (Å²) in [6.45, 7) is 5.78. The van der Waals surface area contributed by atoms with E-state index in [4.69, 9.17) is 4.74 Å². The van der Waals surface area contributed by atoms with Crippen molar-refractivity contribution in [3.05, 3.63) is 0 Å². The maximum atomic E-state index is 9.21. The smallest absolute Gasteiger partial charge is 0.0639 e. The average molecular weight is 187 g/mol. The molecule has 78 valence electrons. The van der Waals surface area contributed by atoms with Gasteiger partial charge in [-0.05, 0) is 38.8 Å². The fourth-order valence-electron chi connectivity index (χ4n) is 1.95. The average Bonchev–Trinajstić information content (AvgIpc) is 2.08. The van der Waals surface area contributed by atoms with Gasteiger partial charge < -0.3 is 14.7 Å². The van der Waals surface area contributed by atoms with Crippen molar-refractivity contribution in [1.82, 2.24) is 4.90 Å². The first kappa shape index (κ1) is 11.0. The molecule has 0 bridgehead atoms. The van der Waals surface area contributed by atoms with Gasteiger partial charge in [0.25, 0.3) is 0 Å². The molecule has 1 rings (SSSR count). The van der Waals surface area contributed by atoms with Crippen molar-refractivity contribution in [2.75, 3.05) is 33.4 Å². The van der Waals surface area contributed by atoms with E-state index < -0.39 is 0 Å². The molecule has 1 fully saturated rings. The summed E-state index contributed by atoms with van der Waals surface area (Å²) in [6.07, 6.45) is 2.22. The van der Waals surface area contributed by atoms with Crippen LogP contribution in [0.4, 0.5) is 0 Å². The predicted octanol–water partition coefficient (Wildman–Crippen LogP) is 0.726. The van der Waals surface area contributed by atoms with Crippen molar-refractivity contribution in [2.45, 2.75) is 25.9 Å². The Hall–Kier alpha value is -0.120. The predicted molar refractivity (Wildman–Crippen MR) is 52.7 cm³/mol. The number of likely N-dealkylation sites (tertiary alicyclic amines) is 1. The van der Waals surface area contributed by atoms with Crippen LogP contribution in [-0.4, -0.2) is 49.5 Å². The van der Waals surface area contributed by atoms with E-state index in [-0.39, 0.29) is 6.10 Å². The largest absolute Gasteiger partial charge is 0.392 e. The van der Waals surface area contributed by atoms with Gasteiger partial charge in [-0.2, -0.15) is 0 Å². The molecule has 1 unspecified atom stereocenters. The number of methoxy groups -OCH3 is 1. The van der Waals surface area contributed by atoms with Crippen LogP contribution in [0.25, 0.3) is 0 Å². The summed E-state index contributed by atoms with van der Waals surface area (Å²) in [5.41, 5.74) is 0. The van der Waals surface area contributed by atoms with E-state index in [0.29, 0.717) is 0 Å². The van der Waals surface area contributed by atoms with Crippen molar-refractivity contribution < 1.29 is 9.84 Å². The fourth-order valence-corrected chi connectivity index (χ4v) is 1.95. The number of ether oxygens (including phenoxy) is 1. The third kappa shape index (κ3) is 4.07. The lowest BCUT2D eigenvalue weighted by atomic mass is 9.98. The highest BCUT2D eigenvalue weighted by atomic mass is 16.5. The number of aliphatic hydroxyl groups is 1. The summed E-state index contributed by atoms with van der Waals surface area (Å²) < 4.78 is 5.13. The molecule has 1 aliphatic rings. The number of aliphatic hydroxyl groups excluding tert-OH is 1.